The molecule has 0 unspecified atom stereocenters. The molecule has 468 valence electrons. The number of ketones is 3. The fourth-order valence-electron chi connectivity index (χ4n) is 13.2. The first-order chi connectivity index (χ1) is 42.4. The van der Waals surface area contributed by atoms with Crippen LogP contribution in [0, 0.1) is 35.5 Å². The molecule has 89 heavy (non-hydrogen) atoms. The number of phenolic OH excluding ortho intramolecular Hbond substituents is 7. The summed E-state index contributed by atoms with van der Waals surface area (Å²) >= 11 is 0. The Morgan fingerprint density at radius 1 is 0.427 bits per heavy atom. The van der Waals surface area contributed by atoms with Crippen molar-refractivity contribution in [3.63, 3.8) is 0 Å². The highest BCUT2D eigenvalue weighted by Gasteiger charge is 2.44. The van der Waals surface area contributed by atoms with Gasteiger partial charge >= 0.3 is 0 Å². The number of methoxy groups -OCH3 is 1. The van der Waals surface area contributed by atoms with E-state index in [9.17, 15) is 55.2 Å². The van der Waals surface area contributed by atoms with Gasteiger partial charge in [-0.1, -0.05) is 161 Å². The van der Waals surface area contributed by atoms with Gasteiger partial charge < -0.3 is 45.6 Å². The topological polar surface area (TPSA) is 222 Å². The second-order valence-corrected chi connectivity index (χ2v) is 24.7. The largest absolute Gasteiger partial charge is 0.508 e. The first-order valence-electron chi connectivity index (χ1n) is 30.6. The van der Waals surface area contributed by atoms with Crippen molar-refractivity contribution in [1.82, 2.24) is 0 Å². The SMILES string of the molecule is CC(C)=CC[C@@H]1C(C)=CC[C@@H](c2ccccc2)[C@@H]1C(=O)c1c(O)cc(CO)cc1O.CC(C)=CC[C@@H]1C(C)=CC[C@@H](c2ccccc2)[C@@H]1C(=O)c1c(O)cc(O)cc1O.COc1cc(O)cc(O)c1C(=O)[C@@H]1[C@H](CC=C(C)C)C(C)=CC[C@H]1c1ccccc1. The number of hydrogen-bond donors (Lipinski definition) is 8. The van der Waals surface area contributed by atoms with Crippen LogP contribution in [0.1, 0.15) is 172 Å². The standard InChI is InChI=1S/2C26H30O4.C25H28O4/c1-16(2)10-12-20-17(3)11-13-21(18-8-6-5-7-9-18)24(20)26(29)25-22(28)14-19(27)15-23(25)30-4;1-16(2)9-11-20-17(3)10-12-21(19-7-5-4-6-8-19)24(20)26(30)25-22(28)13-18(15-27)14-23(25)29;1-15(2)9-11-19-16(3)10-12-20(17-7-5-4-6-8-17)23(19)25(29)24-21(27)13-18(26)14-22(24)28/h5-11,14-15,20-21,24,27-28H,12-13H2,1-4H3;4-10,13-14,20-21,24,27-29H,11-12,15H2,1-3H3;4-10,13-14,19-20,23,26-28H,11-12H2,1-3H3/t2*20-,21+,24-;19-,20+,23-/m111/s1. The zero-order valence-corrected chi connectivity index (χ0v) is 52.9. The molecule has 12 nitrogen and oxygen atoms in total. The van der Waals surface area contributed by atoms with Crippen LogP contribution in [0.4, 0.5) is 0 Å². The average molecular weight is 1210 g/mol. The van der Waals surface area contributed by atoms with Crippen LogP contribution in [0.5, 0.6) is 46.0 Å². The second kappa shape index (κ2) is 30.8. The molecule has 0 saturated carbocycles. The molecule has 12 heteroatoms. The third-order valence-electron chi connectivity index (χ3n) is 17.8. The predicted octanol–water partition coefficient (Wildman–Crippen LogP) is 17.2. The molecule has 0 aliphatic heterocycles. The van der Waals surface area contributed by atoms with Gasteiger partial charge in [0, 0.05) is 42.0 Å². The zero-order chi connectivity index (χ0) is 64.8. The molecule has 0 radical (unpaired) electrons. The van der Waals surface area contributed by atoms with E-state index in [0.29, 0.717) is 12.0 Å². The first kappa shape index (κ1) is 67.6. The number of carbonyl (C=O) groups is 3. The fourth-order valence-corrected chi connectivity index (χ4v) is 13.2. The Hall–Kier alpha value is -8.87. The van der Waals surface area contributed by atoms with Crippen LogP contribution in [0.25, 0.3) is 0 Å². The Morgan fingerprint density at radius 2 is 0.708 bits per heavy atom. The monoisotopic (exact) mass is 1200 g/mol. The number of Topliss-reactive ketones (excluding diaryl/α,β-unsaturated/α-hetero) is 3. The molecule has 0 fully saturated rings. The van der Waals surface area contributed by atoms with Crippen molar-refractivity contribution in [2.75, 3.05) is 7.11 Å². The quantitative estimate of drug-likeness (QED) is 0.0316. The fraction of sp³-hybridized carbons (Fsp3) is 0.338. The van der Waals surface area contributed by atoms with Crippen LogP contribution in [0.3, 0.4) is 0 Å². The van der Waals surface area contributed by atoms with Crippen molar-refractivity contribution in [3.8, 4) is 46.0 Å². The molecule has 0 amide bonds. The molecule has 9 atom stereocenters. The van der Waals surface area contributed by atoms with Gasteiger partial charge in [-0.2, -0.15) is 0 Å². The van der Waals surface area contributed by atoms with Gasteiger partial charge in [-0.05, 0) is 171 Å². The highest BCUT2D eigenvalue weighted by atomic mass is 16.5. The molecule has 0 spiro atoms. The molecule has 8 N–H and O–H groups in total. The van der Waals surface area contributed by atoms with Crippen molar-refractivity contribution in [3.05, 3.63) is 236 Å². The third-order valence-corrected chi connectivity index (χ3v) is 17.8. The minimum atomic E-state index is -0.431. The minimum Gasteiger partial charge on any atom is -0.508 e. The number of hydrogen-bond acceptors (Lipinski definition) is 12. The number of rotatable bonds is 17. The van der Waals surface area contributed by atoms with Crippen molar-refractivity contribution in [1.29, 1.82) is 0 Å². The lowest BCUT2D eigenvalue weighted by Gasteiger charge is -2.37. The summed E-state index contributed by atoms with van der Waals surface area (Å²) in [5.41, 5.74) is 10.6. The van der Waals surface area contributed by atoms with Crippen LogP contribution in [0.2, 0.25) is 0 Å². The molecule has 0 heterocycles. The van der Waals surface area contributed by atoms with Gasteiger partial charge in [0.1, 0.15) is 62.7 Å². The first-order valence-corrected chi connectivity index (χ1v) is 30.6. The van der Waals surface area contributed by atoms with Crippen LogP contribution in [-0.4, -0.2) is 65.3 Å². The number of aliphatic hydroxyl groups excluding tert-OH is 1. The van der Waals surface area contributed by atoms with Gasteiger partial charge in [0.25, 0.3) is 0 Å². The van der Waals surface area contributed by atoms with E-state index in [4.69, 9.17) is 4.74 Å². The molecule has 6 aromatic carbocycles. The van der Waals surface area contributed by atoms with Crippen LogP contribution in [0.15, 0.2) is 197 Å². The molecule has 0 bridgehead atoms. The summed E-state index contributed by atoms with van der Waals surface area (Å²) in [5, 5.41) is 81.0. The van der Waals surface area contributed by atoms with Crippen LogP contribution in [-0.2, 0) is 6.61 Å². The molecule has 3 aliphatic rings. The van der Waals surface area contributed by atoms with E-state index in [-0.39, 0.29) is 117 Å². The highest BCUT2D eigenvalue weighted by molar-refractivity contribution is 6.05. The van der Waals surface area contributed by atoms with E-state index >= 15 is 0 Å². The lowest BCUT2D eigenvalue weighted by Crippen LogP contribution is -2.33. The van der Waals surface area contributed by atoms with E-state index in [0.717, 1.165) is 72.1 Å². The normalized spacial score (nSPS) is 21.1. The summed E-state index contributed by atoms with van der Waals surface area (Å²) in [7, 11) is 1.44. The number of ether oxygens (including phenoxy) is 1. The average Bonchev–Trinajstić information content (AvgIpc) is 3.16. The summed E-state index contributed by atoms with van der Waals surface area (Å²) in [5.74, 6) is -3.91. The predicted molar refractivity (Wildman–Crippen MR) is 352 cm³/mol. The maximum atomic E-state index is 13.9. The van der Waals surface area contributed by atoms with Crippen LogP contribution < -0.4 is 4.74 Å². The Kier molecular flexibility index (Phi) is 23.4. The summed E-state index contributed by atoms with van der Waals surface area (Å²) in [6.07, 6.45) is 17.5. The Bertz CT molecular complexity index is 3600. The van der Waals surface area contributed by atoms with Gasteiger partial charge in [-0.15, -0.1) is 0 Å². The molecule has 0 saturated heterocycles. The molecule has 3 aliphatic carbocycles. The number of aliphatic hydroxyl groups is 1. The summed E-state index contributed by atoms with van der Waals surface area (Å²) < 4.78 is 5.35. The Balaban J connectivity index is 0.000000190. The van der Waals surface area contributed by atoms with E-state index < -0.39 is 23.3 Å². The number of benzene rings is 6. The van der Waals surface area contributed by atoms with E-state index in [1.165, 1.54) is 53.7 Å². The lowest BCUT2D eigenvalue weighted by molar-refractivity contribution is 0.0836. The van der Waals surface area contributed by atoms with E-state index in [2.05, 4.69) is 76.3 Å². The summed E-state index contributed by atoms with van der Waals surface area (Å²) in [6.45, 7) is 18.1. The number of carbonyl (C=O) groups excluding carboxylic acids is 3. The van der Waals surface area contributed by atoms with Gasteiger partial charge in [-0.25, -0.2) is 0 Å². The lowest BCUT2D eigenvalue weighted by atomic mass is 9.65. The van der Waals surface area contributed by atoms with E-state index in [1.54, 1.807) is 0 Å². The zero-order valence-electron chi connectivity index (χ0n) is 52.9. The van der Waals surface area contributed by atoms with Crippen LogP contribution >= 0.6 is 0 Å². The molecule has 9 rings (SSSR count). The smallest absolute Gasteiger partial charge is 0.174 e. The minimum absolute atomic E-state index is 0.00382. The maximum Gasteiger partial charge on any atom is 0.174 e. The number of aromatic hydroxyl groups is 7. The van der Waals surface area contributed by atoms with E-state index in [1.807, 2.05) is 113 Å². The van der Waals surface area contributed by atoms with Gasteiger partial charge in [0.2, 0.25) is 0 Å². The van der Waals surface area contributed by atoms with Gasteiger partial charge in [-0.3, -0.25) is 14.4 Å². The molecular formula is C77H88O12. The Morgan fingerprint density at radius 3 is 1.00 bits per heavy atom. The van der Waals surface area contributed by atoms with Crippen molar-refractivity contribution >= 4 is 17.3 Å². The maximum absolute atomic E-state index is 13.9. The molecular weight excluding hydrogens is 1120 g/mol. The van der Waals surface area contributed by atoms with Crippen molar-refractivity contribution in [2.24, 2.45) is 35.5 Å². The Labute approximate surface area is 524 Å². The highest BCUT2D eigenvalue weighted by Crippen LogP contribution is 2.50. The summed E-state index contributed by atoms with van der Waals surface area (Å²) in [6, 6.07) is 37.4. The summed E-state index contributed by atoms with van der Waals surface area (Å²) in [4.78, 5) is 41.4. The third kappa shape index (κ3) is 16.5. The second-order valence-electron chi connectivity index (χ2n) is 24.7. The van der Waals surface area contributed by atoms with Crippen molar-refractivity contribution in [2.45, 2.75) is 125 Å². The molecule has 6 aromatic rings. The van der Waals surface area contributed by atoms with Gasteiger partial charge in [0.15, 0.2) is 17.3 Å². The molecule has 0 aromatic heterocycles. The van der Waals surface area contributed by atoms with Crippen molar-refractivity contribution < 1.29 is 60.0 Å². The number of allylic oxidation sites excluding steroid dienone is 12. The van der Waals surface area contributed by atoms with Gasteiger partial charge in [0.05, 0.1) is 13.7 Å². The number of phenols is 7.